The normalized spacial score (nSPS) is 23.6. The Morgan fingerprint density at radius 1 is 1.31 bits per heavy atom. The quantitative estimate of drug-likeness (QED) is 0.775. The van der Waals surface area contributed by atoms with E-state index in [1.165, 1.54) is 32.4 Å². The number of nitrogens with one attached hydrogen (secondary N) is 1. The molecule has 0 spiro atoms. The number of piperidine rings is 1. The largest absolute Gasteiger partial charge is 0.313 e. The van der Waals surface area contributed by atoms with Crippen LogP contribution in [0.2, 0.25) is 0 Å². The second kappa shape index (κ2) is 6.02. The smallest absolute Gasteiger partial charge is 0.0218 e. The van der Waals surface area contributed by atoms with E-state index >= 15 is 0 Å². The molecule has 0 aromatic carbocycles. The zero-order valence-corrected chi connectivity index (χ0v) is 11.8. The molecule has 1 fully saturated rings. The van der Waals surface area contributed by atoms with Crippen LogP contribution in [-0.2, 0) is 0 Å². The minimum absolute atomic E-state index is 0.517. The molecule has 1 heterocycles. The minimum atomic E-state index is 0.517. The van der Waals surface area contributed by atoms with E-state index in [0.29, 0.717) is 11.5 Å². The van der Waals surface area contributed by atoms with Crippen LogP contribution >= 0.6 is 0 Å². The highest BCUT2D eigenvalue weighted by molar-refractivity contribution is 4.84. The number of rotatable bonds is 5. The van der Waals surface area contributed by atoms with Gasteiger partial charge in [0.1, 0.15) is 0 Å². The molecule has 1 aliphatic heterocycles. The summed E-state index contributed by atoms with van der Waals surface area (Å²) >= 11 is 0. The van der Waals surface area contributed by atoms with Crippen molar-refractivity contribution in [2.45, 2.75) is 66.0 Å². The first-order valence-corrected chi connectivity index (χ1v) is 6.92. The molecule has 1 aliphatic rings. The Hall–Kier alpha value is -0.0800. The summed E-state index contributed by atoms with van der Waals surface area (Å²) in [6.45, 7) is 15.3. The van der Waals surface area contributed by atoms with Crippen LogP contribution in [-0.4, -0.2) is 36.6 Å². The van der Waals surface area contributed by atoms with E-state index < -0.39 is 0 Å². The van der Waals surface area contributed by atoms with E-state index in [1.54, 1.807) is 0 Å². The van der Waals surface area contributed by atoms with E-state index in [9.17, 15) is 0 Å². The second-order valence-electron chi connectivity index (χ2n) is 6.36. The molecule has 96 valence electrons. The topological polar surface area (TPSA) is 15.3 Å². The Kier molecular flexibility index (Phi) is 5.26. The monoisotopic (exact) mass is 226 g/mol. The fourth-order valence-corrected chi connectivity index (χ4v) is 2.68. The maximum Gasteiger partial charge on any atom is 0.0218 e. The highest BCUT2D eigenvalue weighted by Gasteiger charge is 2.29. The first kappa shape index (κ1) is 14.0. The van der Waals surface area contributed by atoms with Crippen molar-refractivity contribution in [1.82, 2.24) is 10.2 Å². The van der Waals surface area contributed by atoms with Crippen molar-refractivity contribution in [2.24, 2.45) is 5.41 Å². The summed E-state index contributed by atoms with van der Waals surface area (Å²) in [6.07, 6.45) is 4.01. The molecule has 0 radical (unpaired) electrons. The third-order valence-corrected chi connectivity index (χ3v) is 3.68. The third kappa shape index (κ3) is 4.42. The molecule has 0 aliphatic carbocycles. The molecule has 1 unspecified atom stereocenters. The molecule has 0 saturated carbocycles. The molecule has 0 bridgehead atoms. The number of nitrogens with zero attached hydrogens (tertiary/aromatic N) is 1. The molecule has 1 saturated heterocycles. The Balaban J connectivity index is 2.45. The first-order valence-electron chi connectivity index (χ1n) is 6.92. The standard InChI is InChI=1S/C14H30N2/c1-6-13(10-15-12(2)3)16-9-7-8-14(4,5)11-16/h12-13,15H,6-11H2,1-5H3. The van der Waals surface area contributed by atoms with E-state index in [0.717, 1.165) is 12.6 Å². The van der Waals surface area contributed by atoms with Crippen LogP contribution in [0.15, 0.2) is 0 Å². The SMILES string of the molecule is CCC(CNC(C)C)N1CCCC(C)(C)C1. The van der Waals surface area contributed by atoms with Gasteiger partial charge >= 0.3 is 0 Å². The summed E-state index contributed by atoms with van der Waals surface area (Å²) in [5.41, 5.74) is 0.517. The Morgan fingerprint density at radius 3 is 2.50 bits per heavy atom. The Bertz CT molecular complexity index is 199. The van der Waals surface area contributed by atoms with E-state index in [2.05, 4.69) is 44.8 Å². The van der Waals surface area contributed by atoms with Gasteiger partial charge in [-0.25, -0.2) is 0 Å². The van der Waals surface area contributed by atoms with Crippen LogP contribution in [0, 0.1) is 5.41 Å². The van der Waals surface area contributed by atoms with Crippen molar-refractivity contribution in [3.05, 3.63) is 0 Å². The van der Waals surface area contributed by atoms with Crippen LogP contribution < -0.4 is 5.32 Å². The second-order valence-corrected chi connectivity index (χ2v) is 6.36. The summed E-state index contributed by atoms with van der Waals surface area (Å²) in [4.78, 5) is 2.69. The van der Waals surface area contributed by atoms with Gasteiger partial charge in [0.25, 0.3) is 0 Å². The predicted octanol–water partition coefficient (Wildman–Crippen LogP) is 2.89. The average Bonchev–Trinajstić information content (AvgIpc) is 2.16. The highest BCUT2D eigenvalue weighted by Crippen LogP contribution is 2.29. The van der Waals surface area contributed by atoms with Crippen molar-refractivity contribution in [3.8, 4) is 0 Å². The van der Waals surface area contributed by atoms with Crippen LogP contribution in [0.1, 0.15) is 53.9 Å². The lowest BCUT2D eigenvalue weighted by Crippen LogP contribution is -2.50. The van der Waals surface area contributed by atoms with Crippen molar-refractivity contribution in [3.63, 3.8) is 0 Å². The fraction of sp³-hybridized carbons (Fsp3) is 1.00. The van der Waals surface area contributed by atoms with Crippen LogP contribution in [0.3, 0.4) is 0 Å². The molecule has 0 amide bonds. The predicted molar refractivity (Wildman–Crippen MR) is 71.8 cm³/mol. The zero-order valence-electron chi connectivity index (χ0n) is 11.8. The lowest BCUT2D eigenvalue weighted by atomic mass is 9.83. The molecule has 0 aromatic heterocycles. The van der Waals surface area contributed by atoms with E-state index in [4.69, 9.17) is 0 Å². The highest BCUT2D eigenvalue weighted by atomic mass is 15.2. The number of hydrogen-bond acceptors (Lipinski definition) is 2. The van der Waals surface area contributed by atoms with Gasteiger partial charge in [-0.05, 0) is 31.2 Å². The van der Waals surface area contributed by atoms with Gasteiger partial charge in [-0.15, -0.1) is 0 Å². The van der Waals surface area contributed by atoms with Gasteiger partial charge in [0.15, 0.2) is 0 Å². The molecule has 0 aromatic rings. The van der Waals surface area contributed by atoms with Crippen molar-refractivity contribution in [2.75, 3.05) is 19.6 Å². The maximum absolute atomic E-state index is 3.58. The summed E-state index contributed by atoms with van der Waals surface area (Å²) in [7, 11) is 0. The van der Waals surface area contributed by atoms with Gasteiger partial charge in [0, 0.05) is 25.2 Å². The molecule has 16 heavy (non-hydrogen) atoms. The summed E-state index contributed by atoms with van der Waals surface area (Å²) in [5.74, 6) is 0. The Labute approximate surface area is 102 Å². The van der Waals surface area contributed by atoms with Crippen molar-refractivity contribution < 1.29 is 0 Å². The summed E-state index contributed by atoms with van der Waals surface area (Å²) in [6, 6.07) is 1.33. The van der Waals surface area contributed by atoms with Gasteiger partial charge in [-0.1, -0.05) is 34.6 Å². The van der Waals surface area contributed by atoms with Gasteiger partial charge in [0.05, 0.1) is 0 Å². The zero-order chi connectivity index (χ0) is 12.2. The van der Waals surface area contributed by atoms with E-state index in [-0.39, 0.29) is 0 Å². The summed E-state index contributed by atoms with van der Waals surface area (Å²) in [5, 5.41) is 3.58. The van der Waals surface area contributed by atoms with Crippen molar-refractivity contribution >= 4 is 0 Å². The molecular weight excluding hydrogens is 196 g/mol. The van der Waals surface area contributed by atoms with Gasteiger partial charge in [0.2, 0.25) is 0 Å². The van der Waals surface area contributed by atoms with E-state index in [1.807, 2.05) is 0 Å². The van der Waals surface area contributed by atoms with Crippen LogP contribution in [0.5, 0.6) is 0 Å². The number of likely N-dealkylation sites (tertiary alicyclic amines) is 1. The van der Waals surface area contributed by atoms with Crippen LogP contribution in [0.4, 0.5) is 0 Å². The van der Waals surface area contributed by atoms with Gasteiger partial charge < -0.3 is 5.32 Å². The summed E-state index contributed by atoms with van der Waals surface area (Å²) < 4.78 is 0. The molecule has 1 N–H and O–H groups in total. The Morgan fingerprint density at radius 2 is 2.00 bits per heavy atom. The van der Waals surface area contributed by atoms with Gasteiger partial charge in [-0.3, -0.25) is 4.90 Å². The minimum Gasteiger partial charge on any atom is -0.313 e. The fourth-order valence-electron chi connectivity index (χ4n) is 2.68. The molecule has 1 rings (SSSR count). The maximum atomic E-state index is 3.58. The average molecular weight is 226 g/mol. The lowest BCUT2D eigenvalue weighted by molar-refractivity contribution is 0.0749. The van der Waals surface area contributed by atoms with Crippen LogP contribution in [0.25, 0.3) is 0 Å². The molecule has 2 heteroatoms. The molecule has 1 atom stereocenters. The molecular formula is C14H30N2. The van der Waals surface area contributed by atoms with Gasteiger partial charge in [-0.2, -0.15) is 0 Å². The first-order chi connectivity index (χ1) is 7.44. The lowest BCUT2D eigenvalue weighted by Gasteiger charge is -2.42. The molecule has 2 nitrogen and oxygen atoms in total. The van der Waals surface area contributed by atoms with Crippen molar-refractivity contribution in [1.29, 1.82) is 0 Å². The third-order valence-electron chi connectivity index (χ3n) is 3.68. The number of hydrogen-bond donors (Lipinski definition) is 1.